The molecule has 0 bridgehead atoms. The van der Waals surface area contributed by atoms with Crippen LogP contribution in [0.15, 0.2) is 70.9 Å². The van der Waals surface area contributed by atoms with Gasteiger partial charge in [-0.3, -0.25) is 9.69 Å². The number of carbonyl (C=O) groups excluding carboxylic acids is 1. The van der Waals surface area contributed by atoms with Crippen LogP contribution in [-0.4, -0.2) is 24.5 Å². The van der Waals surface area contributed by atoms with Crippen molar-refractivity contribution in [3.05, 3.63) is 93.1 Å². The number of hydrogen-bond acceptors (Lipinski definition) is 5. The number of methoxy groups -OCH3 is 1. The van der Waals surface area contributed by atoms with Crippen LogP contribution in [0.25, 0.3) is 6.08 Å². The van der Waals surface area contributed by atoms with Gasteiger partial charge in [0.05, 0.1) is 18.2 Å². The minimum atomic E-state index is -0.104. The number of ketones is 1. The van der Waals surface area contributed by atoms with Gasteiger partial charge in [-0.1, -0.05) is 40.2 Å². The van der Waals surface area contributed by atoms with E-state index in [0.29, 0.717) is 30.3 Å². The van der Waals surface area contributed by atoms with E-state index in [1.54, 1.807) is 19.3 Å². The molecule has 0 aliphatic carbocycles. The quantitative estimate of drug-likeness (QED) is 0.469. The highest BCUT2D eigenvalue weighted by molar-refractivity contribution is 9.10. The summed E-state index contributed by atoms with van der Waals surface area (Å²) in [5.74, 6) is 2.43. The van der Waals surface area contributed by atoms with E-state index in [4.69, 9.17) is 14.2 Å². The van der Waals surface area contributed by atoms with Crippen molar-refractivity contribution in [2.24, 2.45) is 0 Å². The first kappa shape index (κ1) is 19.8. The van der Waals surface area contributed by atoms with E-state index in [0.717, 1.165) is 39.2 Å². The zero-order valence-corrected chi connectivity index (χ0v) is 18.5. The molecule has 2 heterocycles. The fraction of sp³-hybridized carbons (Fsp3) is 0.160. The highest BCUT2D eigenvalue weighted by atomic mass is 79.9. The van der Waals surface area contributed by atoms with Crippen LogP contribution in [0.2, 0.25) is 0 Å². The molecule has 0 spiro atoms. The normalized spacial score (nSPS) is 16.5. The maximum atomic E-state index is 12.9. The molecule has 0 N–H and O–H groups in total. The monoisotopic (exact) mass is 477 g/mol. The molecule has 0 saturated carbocycles. The number of carbonyl (C=O) groups is 1. The zero-order chi connectivity index (χ0) is 21.4. The summed E-state index contributed by atoms with van der Waals surface area (Å²) in [7, 11) is 1.66. The Hall–Kier alpha value is -3.09. The molecule has 156 valence electrons. The van der Waals surface area contributed by atoms with E-state index in [9.17, 15) is 4.79 Å². The first-order valence-electron chi connectivity index (χ1n) is 9.94. The van der Waals surface area contributed by atoms with Crippen LogP contribution >= 0.6 is 15.9 Å². The predicted molar refractivity (Wildman–Crippen MR) is 121 cm³/mol. The molecule has 0 amide bonds. The van der Waals surface area contributed by atoms with E-state index in [2.05, 4.69) is 20.8 Å². The third-order valence-electron chi connectivity index (χ3n) is 5.42. The molecule has 0 unspecified atom stereocenters. The highest BCUT2D eigenvalue weighted by Crippen LogP contribution is 2.42. The van der Waals surface area contributed by atoms with Crippen molar-refractivity contribution in [3.63, 3.8) is 0 Å². The topological polar surface area (TPSA) is 48.0 Å². The molecule has 2 aliphatic heterocycles. The Morgan fingerprint density at radius 1 is 1.06 bits per heavy atom. The fourth-order valence-corrected chi connectivity index (χ4v) is 4.07. The van der Waals surface area contributed by atoms with Gasteiger partial charge < -0.3 is 14.2 Å². The van der Waals surface area contributed by atoms with Crippen molar-refractivity contribution in [2.45, 2.75) is 13.1 Å². The van der Waals surface area contributed by atoms with Crippen molar-refractivity contribution >= 4 is 27.8 Å². The Morgan fingerprint density at radius 3 is 2.58 bits per heavy atom. The first-order valence-corrected chi connectivity index (χ1v) is 10.7. The smallest absolute Gasteiger partial charge is 0.231 e. The van der Waals surface area contributed by atoms with Gasteiger partial charge in [-0.2, -0.15) is 0 Å². The van der Waals surface area contributed by atoms with E-state index < -0.39 is 0 Å². The molecule has 2 aliphatic rings. The summed E-state index contributed by atoms with van der Waals surface area (Å²) in [6.45, 7) is 1.85. The Balaban J connectivity index is 1.39. The van der Waals surface area contributed by atoms with E-state index >= 15 is 0 Å². The minimum absolute atomic E-state index is 0.104. The van der Waals surface area contributed by atoms with Crippen LogP contribution in [0.5, 0.6) is 17.2 Å². The third kappa shape index (κ3) is 3.96. The van der Waals surface area contributed by atoms with Gasteiger partial charge in [0.1, 0.15) is 24.0 Å². The molecule has 0 atom stereocenters. The molecule has 5 nitrogen and oxygen atoms in total. The molecule has 0 saturated heterocycles. The average Bonchev–Trinajstić information content (AvgIpc) is 3.11. The number of rotatable bonds is 4. The van der Waals surface area contributed by atoms with Crippen LogP contribution in [-0.2, 0) is 13.1 Å². The number of ether oxygens (including phenoxy) is 3. The first-order chi connectivity index (χ1) is 15.1. The largest absolute Gasteiger partial charge is 0.497 e. The molecule has 6 heteroatoms. The number of halogens is 1. The van der Waals surface area contributed by atoms with Gasteiger partial charge in [0, 0.05) is 17.6 Å². The van der Waals surface area contributed by atoms with Crippen molar-refractivity contribution < 1.29 is 19.0 Å². The van der Waals surface area contributed by atoms with E-state index in [1.165, 1.54) is 0 Å². The Labute approximate surface area is 189 Å². The Morgan fingerprint density at radius 2 is 1.84 bits per heavy atom. The van der Waals surface area contributed by atoms with Gasteiger partial charge >= 0.3 is 0 Å². The molecule has 0 aromatic heterocycles. The molecular formula is C25H20BrNO4. The van der Waals surface area contributed by atoms with E-state index in [-0.39, 0.29) is 5.78 Å². The molecule has 3 aromatic rings. The molecule has 3 aromatic carbocycles. The second-order valence-electron chi connectivity index (χ2n) is 7.52. The Bertz CT molecular complexity index is 1170. The summed E-state index contributed by atoms with van der Waals surface area (Å²) in [5, 5.41) is 0. The fourth-order valence-electron chi connectivity index (χ4n) is 3.81. The van der Waals surface area contributed by atoms with E-state index in [1.807, 2.05) is 54.6 Å². The number of Topliss-reactive ketones (excluding diaryl/α,β-unsaturated/α-hetero) is 1. The molecule has 0 fully saturated rings. The lowest BCUT2D eigenvalue weighted by molar-refractivity contribution is 0.0872. The number of benzene rings is 3. The van der Waals surface area contributed by atoms with Crippen LogP contribution in [0.3, 0.4) is 0 Å². The lowest BCUT2D eigenvalue weighted by Gasteiger charge is -2.29. The summed E-state index contributed by atoms with van der Waals surface area (Å²) in [4.78, 5) is 15.1. The van der Waals surface area contributed by atoms with Gasteiger partial charge in [-0.15, -0.1) is 0 Å². The van der Waals surface area contributed by atoms with Crippen molar-refractivity contribution in [2.75, 3.05) is 13.8 Å². The summed E-state index contributed by atoms with van der Waals surface area (Å²) in [6.07, 6.45) is 1.78. The lowest BCUT2D eigenvalue weighted by Crippen LogP contribution is -2.31. The molecule has 31 heavy (non-hydrogen) atoms. The zero-order valence-electron chi connectivity index (χ0n) is 16.9. The Kier molecular flexibility index (Phi) is 5.26. The summed E-state index contributed by atoms with van der Waals surface area (Å²) in [5.41, 5.74) is 3.56. The second kappa shape index (κ2) is 8.21. The number of fused-ring (bicyclic) bond motifs is 3. The minimum Gasteiger partial charge on any atom is -0.497 e. The van der Waals surface area contributed by atoms with Gasteiger partial charge in [0.2, 0.25) is 5.78 Å². The van der Waals surface area contributed by atoms with Crippen LogP contribution in [0.1, 0.15) is 27.0 Å². The molecule has 0 radical (unpaired) electrons. The lowest BCUT2D eigenvalue weighted by atomic mass is 10.0. The summed E-state index contributed by atoms with van der Waals surface area (Å²) in [6, 6.07) is 19.4. The van der Waals surface area contributed by atoms with Gasteiger partial charge in [-0.05, 0) is 53.6 Å². The highest BCUT2D eigenvalue weighted by Gasteiger charge is 2.33. The third-order valence-corrected chi connectivity index (χ3v) is 5.94. The van der Waals surface area contributed by atoms with Crippen LogP contribution in [0, 0.1) is 0 Å². The van der Waals surface area contributed by atoms with Crippen molar-refractivity contribution in [3.8, 4) is 17.2 Å². The summed E-state index contributed by atoms with van der Waals surface area (Å²) >= 11 is 3.43. The average molecular weight is 478 g/mol. The van der Waals surface area contributed by atoms with Gasteiger partial charge in [0.25, 0.3) is 0 Å². The number of allylic oxidation sites excluding steroid dienone is 1. The van der Waals surface area contributed by atoms with Crippen molar-refractivity contribution in [1.82, 2.24) is 4.90 Å². The SMILES string of the molecule is COc1ccc(CN2COc3ccc4c(c3C2)O/C(=C\c2ccc(Br)cc2)C4=O)cc1. The molecule has 5 rings (SSSR count). The maximum absolute atomic E-state index is 12.9. The predicted octanol–water partition coefficient (Wildman–Crippen LogP) is 5.43. The maximum Gasteiger partial charge on any atom is 0.231 e. The number of hydrogen-bond donors (Lipinski definition) is 0. The second-order valence-corrected chi connectivity index (χ2v) is 8.43. The number of nitrogens with zero attached hydrogens (tertiary/aromatic N) is 1. The standard InChI is InChI=1S/C25H20BrNO4/c1-29-19-8-4-17(5-9-19)13-27-14-21-22(30-15-27)11-10-20-24(28)23(31-25(20)21)12-16-2-6-18(26)7-3-16/h2-12H,13-15H2,1H3/b23-12-. The van der Waals surface area contributed by atoms with Crippen LogP contribution in [0.4, 0.5) is 0 Å². The van der Waals surface area contributed by atoms with Crippen molar-refractivity contribution in [1.29, 1.82) is 0 Å². The van der Waals surface area contributed by atoms with Crippen LogP contribution < -0.4 is 14.2 Å². The summed E-state index contributed by atoms with van der Waals surface area (Å²) < 4.78 is 18.2. The van der Waals surface area contributed by atoms with Gasteiger partial charge in [0.15, 0.2) is 5.76 Å². The molecular weight excluding hydrogens is 458 g/mol. The van der Waals surface area contributed by atoms with Gasteiger partial charge in [-0.25, -0.2) is 0 Å².